The van der Waals surface area contributed by atoms with E-state index in [1.807, 2.05) is 14.1 Å². The molecular weight excluding hydrogens is 178 g/mol. The maximum absolute atomic E-state index is 4.64. The van der Waals surface area contributed by atoms with Crippen LogP contribution in [0.25, 0.3) is 0 Å². The molecule has 0 heterocycles. The minimum absolute atomic E-state index is 0. The van der Waals surface area contributed by atoms with E-state index in [0.29, 0.717) is 0 Å². The molecule has 0 aromatic carbocycles. The molecular formula is C3H7CuNS2. The topological polar surface area (TPSA) is 3.24 Å². The van der Waals surface area contributed by atoms with Crippen molar-refractivity contribution in [3.05, 3.63) is 0 Å². The van der Waals surface area contributed by atoms with E-state index < -0.39 is 0 Å². The van der Waals surface area contributed by atoms with Gasteiger partial charge in [0.2, 0.25) is 0 Å². The van der Waals surface area contributed by atoms with E-state index in [1.54, 1.807) is 4.90 Å². The van der Waals surface area contributed by atoms with Crippen LogP contribution in [0, 0.1) is 0 Å². The molecule has 0 aliphatic carbocycles. The van der Waals surface area contributed by atoms with E-state index >= 15 is 0 Å². The zero-order valence-electron chi connectivity index (χ0n) is 4.14. The molecule has 7 heavy (non-hydrogen) atoms. The van der Waals surface area contributed by atoms with Gasteiger partial charge in [-0.25, -0.2) is 4.71 Å². The van der Waals surface area contributed by atoms with Gasteiger partial charge >= 0.3 is 17.1 Å². The van der Waals surface area contributed by atoms with E-state index in [0.717, 1.165) is 0 Å². The molecule has 0 bridgehead atoms. The minimum Gasteiger partial charge on any atom is -0.800 e. The molecule has 0 saturated carbocycles. The van der Waals surface area contributed by atoms with Crippen molar-refractivity contribution in [1.82, 2.24) is 4.90 Å². The molecule has 0 fully saturated rings. The normalized spacial score (nSPS) is 9.43. The first-order chi connectivity index (χ1) is 2.64. The van der Waals surface area contributed by atoms with E-state index in [4.69, 9.17) is 0 Å². The largest absolute Gasteiger partial charge is 2.00 e. The van der Waals surface area contributed by atoms with Crippen LogP contribution in [0.2, 0.25) is 0 Å². The van der Waals surface area contributed by atoms with Gasteiger partial charge in [0, 0.05) is 0 Å². The van der Waals surface area contributed by atoms with Crippen molar-refractivity contribution in [2.45, 2.75) is 4.71 Å². The maximum atomic E-state index is 4.64. The Hall–Kier alpha value is 1.18. The maximum Gasteiger partial charge on any atom is 2.00 e. The van der Waals surface area contributed by atoms with E-state index in [-0.39, 0.29) is 21.8 Å². The van der Waals surface area contributed by atoms with Gasteiger partial charge in [-0.3, -0.25) is 0 Å². The Morgan fingerprint density at radius 1 is 1.29 bits per heavy atom. The fourth-order valence-electron chi connectivity index (χ4n) is 0. The predicted molar refractivity (Wildman–Crippen MR) is 32.2 cm³/mol. The summed E-state index contributed by atoms with van der Waals surface area (Å²) in [6.45, 7) is 0. The first kappa shape index (κ1) is 11.0. The molecule has 0 unspecified atom stereocenters. The summed E-state index contributed by atoms with van der Waals surface area (Å²) in [5, 5.41) is 0. The molecule has 0 rings (SSSR count). The Kier molecular flexibility index (Phi) is 8.39. The van der Waals surface area contributed by atoms with Gasteiger partial charge in [-0.2, -0.15) is 0 Å². The second-order valence-electron chi connectivity index (χ2n) is 1.27. The van der Waals surface area contributed by atoms with Gasteiger partial charge in [-0.15, -0.1) is 0 Å². The molecule has 0 aliphatic rings. The van der Waals surface area contributed by atoms with Crippen molar-refractivity contribution in [3.63, 3.8) is 0 Å². The Balaban J connectivity index is 0. The molecule has 0 atom stereocenters. The van der Waals surface area contributed by atoms with Gasteiger partial charge in [-0.1, -0.05) is 0 Å². The summed E-state index contributed by atoms with van der Waals surface area (Å²) in [4.78, 5) is 1.80. The molecule has 0 spiro atoms. The van der Waals surface area contributed by atoms with Crippen LogP contribution in [0.1, 0.15) is 0 Å². The number of rotatable bonds is 1. The van der Waals surface area contributed by atoms with Crippen molar-refractivity contribution in [2.75, 3.05) is 14.1 Å². The number of hydrogen-bond acceptors (Lipinski definition) is 3. The molecule has 0 aromatic heterocycles. The molecule has 4 heteroatoms. The summed E-state index contributed by atoms with van der Waals surface area (Å²) in [6, 6.07) is 0. The van der Waals surface area contributed by atoms with Crippen LogP contribution in [0.3, 0.4) is 0 Å². The van der Waals surface area contributed by atoms with Crippen molar-refractivity contribution in [3.8, 4) is 0 Å². The zero-order chi connectivity index (χ0) is 5.15. The fourth-order valence-corrected chi connectivity index (χ4v) is 0. The fraction of sp³-hybridized carbons (Fsp3) is 1.00. The molecule has 1 radical (unpaired) electrons. The van der Waals surface area contributed by atoms with Crippen molar-refractivity contribution in [1.29, 1.82) is 0 Å². The van der Waals surface area contributed by atoms with Crippen molar-refractivity contribution < 1.29 is 17.1 Å². The van der Waals surface area contributed by atoms with Gasteiger partial charge < -0.3 is 30.2 Å². The van der Waals surface area contributed by atoms with Crippen molar-refractivity contribution in [2.24, 2.45) is 0 Å². The molecule has 0 N–H and O–H groups in total. The third kappa shape index (κ3) is 7.18. The molecule has 47 valence electrons. The Morgan fingerprint density at radius 2 is 1.43 bits per heavy atom. The Labute approximate surface area is 66.1 Å². The Morgan fingerprint density at radius 3 is 1.43 bits per heavy atom. The van der Waals surface area contributed by atoms with Gasteiger partial charge in [0.15, 0.2) is 0 Å². The summed E-state index contributed by atoms with van der Waals surface area (Å²) in [5.41, 5.74) is 0. The average Bonchev–Trinajstić information content (AvgIpc) is 1.36. The third-order valence-corrected chi connectivity index (χ3v) is 1.26. The van der Waals surface area contributed by atoms with Gasteiger partial charge in [0.05, 0.1) is 0 Å². The number of nitrogens with zero attached hydrogens (tertiary/aromatic N) is 1. The summed E-state index contributed by atoms with van der Waals surface area (Å²) in [6.07, 6.45) is 0. The third-order valence-electron chi connectivity index (χ3n) is 0.422. The zero-order valence-corrected chi connectivity index (χ0v) is 6.72. The van der Waals surface area contributed by atoms with Crippen LogP contribution < -0.4 is 0 Å². The molecule has 0 amide bonds. The molecule has 1 nitrogen and oxygen atoms in total. The smallest absolute Gasteiger partial charge is 0.800 e. The molecule has 0 aliphatic heterocycles. The van der Waals surface area contributed by atoms with Gasteiger partial charge in [0.25, 0.3) is 0 Å². The van der Waals surface area contributed by atoms with Crippen LogP contribution in [0.15, 0.2) is 0 Å². The van der Waals surface area contributed by atoms with Gasteiger partial charge in [-0.05, 0) is 14.1 Å². The molecule has 0 saturated heterocycles. The summed E-state index contributed by atoms with van der Waals surface area (Å²) < 4.78 is -0.148. The van der Waals surface area contributed by atoms with Gasteiger partial charge in [0.1, 0.15) is 0 Å². The van der Waals surface area contributed by atoms with Crippen LogP contribution in [0.5, 0.6) is 0 Å². The summed E-state index contributed by atoms with van der Waals surface area (Å²) in [5.74, 6) is 0. The standard InChI is InChI=1S/C3H9NS2.Cu/c1-4(2)3(5)6;/h3,5-6H,1-2H3;/q;+2/p-2. The van der Waals surface area contributed by atoms with E-state index in [9.17, 15) is 0 Å². The predicted octanol–water partition coefficient (Wildman–Crippen LogP) is -0.0771. The minimum atomic E-state index is -0.148. The van der Waals surface area contributed by atoms with Crippen LogP contribution in [-0.2, 0) is 42.3 Å². The van der Waals surface area contributed by atoms with E-state index in [1.165, 1.54) is 0 Å². The quantitative estimate of drug-likeness (QED) is 0.415. The monoisotopic (exact) mass is 184 g/mol. The second kappa shape index (κ2) is 5.32. The Bertz CT molecular complexity index is 33.9. The summed E-state index contributed by atoms with van der Waals surface area (Å²) >= 11 is 9.29. The second-order valence-corrected chi connectivity index (χ2v) is 2.46. The summed E-state index contributed by atoms with van der Waals surface area (Å²) in [7, 11) is 3.73. The van der Waals surface area contributed by atoms with Crippen LogP contribution >= 0.6 is 0 Å². The van der Waals surface area contributed by atoms with E-state index in [2.05, 4.69) is 25.3 Å². The van der Waals surface area contributed by atoms with Crippen LogP contribution in [-0.4, -0.2) is 23.7 Å². The first-order valence-electron chi connectivity index (χ1n) is 1.62. The average molecular weight is 185 g/mol. The van der Waals surface area contributed by atoms with Crippen molar-refractivity contribution >= 4 is 25.3 Å². The first-order valence-corrected chi connectivity index (χ1v) is 2.57. The SMILES string of the molecule is CN(C)C([S-])[S-].[Cu+2]. The van der Waals surface area contributed by atoms with Crippen LogP contribution in [0.4, 0.5) is 0 Å². The number of hydrogen-bond donors (Lipinski definition) is 0. The molecule has 0 aromatic rings.